The van der Waals surface area contributed by atoms with E-state index in [0.29, 0.717) is 6.42 Å². The highest BCUT2D eigenvalue weighted by Crippen LogP contribution is 1.97. The van der Waals surface area contributed by atoms with Gasteiger partial charge in [0.1, 0.15) is 0 Å². The van der Waals surface area contributed by atoms with E-state index < -0.39 is 23.4 Å². The summed E-state index contributed by atoms with van der Waals surface area (Å²) in [5.74, 6) is 0. The third-order valence-electron chi connectivity index (χ3n) is 2.05. The molecule has 0 aliphatic carbocycles. The maximum atomic E-state index is 11.3. The first kappa shape index (κ1) is 12.4. The van der Waals surface area contributed by atoms with E-state index in [1.165, 1.54) is 14.2 Å². The smallest absolute Gasteiger partial charge is 0.333 e. The molecule has 8 heteroatoms. The Kier molecular flexibility index (Phi) is 4.20. The Morgan fingerprint density at radius 1 is 1.12 bits per heavy atom. The quantitative estimate of drug-likeness (QED) is 0.583. The van der Waals surface area contributed by atoms with Gasteiger partial charge in [-0.25, -0.2) is 19.0 Å². The first-order valence-electron chi connectivity index (χ1n) is 4.57. The lowest BCUT2D eigenvalue weighted by atomic mass is 10.4. The zero-order chi connectivity index (χ0) is 12.1. The highest BCUT2D eigenvalue weighted by Gasteiger charge is 2.08. The molecule has 2 N–H and O–H groups in total. The standard InChI is InChI=1S/C8H13N3O5/c1-15-5(16-2)3-4-11-7(13)9-6(12)10-8(11)14/h5H,3-4H2,1-2H3,(H2,9,10,12,13,14). The van der Waals surface area contributed by atoms with Crippen LogP contribution in [0.4, 0.5) is 0 Å². The number of methoxy groups -OCH3 is 2. The van der Waals surface area contributed by atoms with Gasteiger partial charge in [0, 0.05) is 27.2 Å². The van der Waals surface area contributed by atoms with E-state index in [0.717, 1.165) is 4.57 Å². The van der Waals surface area contributed by atoms with Gasteiger partial charge in [0.25, 0.3) is 0 Å². The average Bonchev–Trinajstić information content (AvgIpc) is 2.22. The monoisotopic (exact) mass is 231 g/mol. The van der Waals surface area contributed by atoms with Crippen molar-refractivity contribution in [1.82, 2.24) is 14.5 Å². The number of nitrogens with one attached hydrogen (secondary N) is 2. The van der Waals surface area contributed by atoms with Crippen LogP contribution in [0.5, 0.6) is 0 Å². The van der Waals surface area contributed by atoms with Gasteiger partial charge in [-0.05, 0) is 0 Å². The number of hydrogen-bond acceptors (Lipinski definition) is 5. The summed E-state index contributed by atoms with van der Waals surface area (Å²) in [6.45, 7) is 0.0945. The summed E-state index contributed by atoms with van der Waals surface area (Å²) in [5.41, 5.74) is -2.32. The molecule has 0 bridgehead atoms. The number of H-pyrrole nitrogens is 2. The van der Waals surface area contributed by atoms with E-state index in [-0.39, 0.29) is 6.54 Å². The van der Waals surface area contributed by atoms with E-state index >= 15 is 0 Å². The summed E-state index contributed by atoms with van der Waals surface area (Å²) >= 11 is 0. The molecule has 0 spiro atoms. The SMILES string of the molecule is COC(CCn1c(=O)[nH]c(=O)[nH]c1=O)OC. The molecule has 0 atom stereocenters. The molecule has 0 aliphatic heterocycles. The highest BCUT2D eigenvalue weighted by atomic mass is 16.7. The highest BCUT2D eigenvalue weighted by molar-refractivity contribution is 4.69. The van der Waals surface area contributed by atoms with Crippen LogP contribution in [0.1, 0.15) is 6.42 Å². The van der Waals surface area contributed by atoms with Gasteiger partial charge in [-0.3, -0.25) is 9.97 Å². The fourth-order valence-electron chi connectivity index (χ4n) is 1.22. The van der Waals surface area contributed by atoms with Gasteiger partial charge >= 0.3 is 17.1 Å². The lowest BCUT2D eigenvalue weighted by Crippen LogP contribution is -2.43. The summed E-state index contributed by atoms with van der Waals surface area (Å²) in [5, 5.41) is 0. The number of hydrogen-bond donors (Lipinski definition) is 2. The number of ether oxygens (including phenoxy) is 2. The minimum Gasteiger partial charge on any atom is -0.356 e. The van der Waals surface area contributed by atoms with Crippen LogP contribution in [-0.4, -0.2) is 35.0 Å². The Morgan fingerprint density at radius 2 is 1.62 bits per heavy atom. The Hall–Kier alpha value is -1.67. The second kappa shape index (κ2) is 5.42. The van der Waals surface area contributed by atoms with Crippen LogP contribution in [-0.2, 0) is 16.0 Å². The van der Waals surface area contributed by atoms with Gasteiger partial charge in [0.05, 0.1) is 0 Å². The fourth-order valence-corrected chi connectivity index (χ4v) is 1.22. The molecular formula is C8H13N3O5. The van der Waals surface area contributed by atoms with E-state index in [1.807, 2.05) is 9.97 Å². The van der Waals surface area contributed by atoms with E-state index in [9.17, 15) is 14.4 Å². The van der Waals surface area contributed by atoms with Crippen molar-refractivity contribution in [3.8, 4) is 0 Å². The van der Waals surface area contributed by atoms with Gasteiger partial charge in [-0.1, -0.05) is 0 Å². The van der Waals surface area contributed by atoms with Crippen LogP contribution < -0.4 is 17.1 Å². The van der Waals surface area contributed by atoms with Crippen LogP contribution in [0.3, 0.4) is 0 Å². The Balaban J connectivity index is 2.86. The Labute approximate surface area is 89.8 Å². The molecule has 0 unspecified atom stereocenters. The third kappa shape index (κ3) is 2.91. The molecule has 16 heavy (non-hydrogen) atoms. The van der Waals surface area contributed by atoms with Crippen molar-refractivity contribution in [3.63, 3.8) is 0 Å². The van der Waals surface area contributed by atoms with Crippen molar-refractivity contribution in [2.45, 2.75) is 19.3 Å². The molecule has 8 nitrogen and oxygen atoms in total. The molecule has 1 rings (SSSR count). The van der Waals surface area contributed by atoms with Gasteiger partial charge < -0.3 is 9.47 Å². The van der Waals surface area contributed by atoms with E-state index in [2.05, 4.69) is 0 Å². The van der Waals surface area contributed by atoms with Crippen LogP contribution >= 0.6 is 0 Å². The van der Waals surface area contributed by atoms with Gasteiger partial charge in [-0.2, -0.15) is 0 Å². The second-order valence-electron chi connectivity index (χ2n) is 3.03. The molecule has 0 radical (unpaired) electrons. The molecule has 0 saturated heterocycles. The molecule has 0 saturated carbocycles. The first-order valence-corrected chi connectivity index (χ1v) is 4.57. The molecule has 1 aromatic heterocycles. The molecule has 1 aromatic rings. The molecule has 0 aliphatic rings. The zero-order valence-corrected chi connectivity index (χ0v) is 8.98. The Morgan fingerprint density at radius 3 is 2.06 bits per heavy atom. The van der Waals surface area contributed by atoms with Crippen LogP contribution in [0, 0.1) is 0 Å². The molecule has 0 amide bonds. The summed E-state index contributed by atoms with van der Waals surface area (Å²) in [7, 11) is 2.90. The lowest BCUT2D eigenvalue weighted by Gasteiger charge is -2.12. The number of aromatic nitrogens is 3. The summed E-state index contributed by atoms with van der Waals surface area (Å²) in [6.07, 6.45) is -0.180. The van der Waals surface area contributed by atoms with Crippen molar-refractivity contribution in [1.29, 1.82) is 0 Å². The lowest BCUT2D eigenvalue weighted by molar-refractivity contribution is -0.108. The predicted molar refractivity (Wildman–Crippen MR) is 54.4 cm³/mol. The van der Waals surface area contributed by atoms with Gasteiger partial charge in [0.15, 0.2) is 6.29 Å². The van der Waals surface area contributed by atoms with E-state index in [1.54, 1.807) is 0 Å². The van der Waals surface area contributed by atoms with Crippen LogP contribution in [0.25, 0.3) is 0 Å². The van der Waals surface area contributed by atoms with Crippen molar-refractivity contribution >= 4 is 0 Å². The fraction of sp³-hybridized carbons (Fsp3) is 0.625. The first-order chi connectivity index (χ1) is 7.58. The Bertz CT molecular complexity index is 461. The maximum absolute atomic E-state index is 11.3. The molecular weight excluding hydrogens is 218 g/mol. The van der Waals surface area contributed by atoms with Gasteiger partial charge in [0.2, 0.25) is 0 Å². The third-order valence-corrected chi connectivity index (χ3v) is 2.05. The summed E-state index contributed by atoms with van der Waals surface area (Å²) < 4.78 is 10.7. The number of nitrogens with zero attached hydrogens (tertiary/aromatic N) is 1. The molecule has 90 valence electrons. The number of aromatic amines is 2. The molecule has 0 aromatic carbocycles. The van der Waals surface area contributed by atoms with Crippen molar-refractivity contribution in [2.75, 3.05) is 14.2 Å². The van der Waals surface area contributed by atoms with Crippen molar-refractivity contribution in [2.24, 2.45) is 0 Å². The minimum absolute atomic E-state index is 0.0945. The van der Waals surface area contributed by atoms with Gasteiger partial charge in [-0.15, -0.1) is 0 Å². The summed E-state index contributed by atoms with van der Waals surface area (Å²) in [4.78, 5) is 37.2. The average molecular weight is 231 g/mol. The minimum atomic E-state index is -0.818. The molecule has 1 heterocycles. The van der Waals surface area contributed by atoms with Crippen molar-refractivity contribution in [3.05, 3.63) is 31.5 Å². The summed E-state index contributed by atoms with van der Waals surface area (Å²) in [6, 6.07) is 0. The second-order valence-corrected chi connectivity index (χ2v) is 3.03. The van der Waals surface area contributed by atoms with Crippen molar-refractivity contribution < 1.29 is 9.47 Å². The maximum Gasteiger partial charge on any atom is 0.333 e. The van der Waals surface area contributed by atoms with Crippen LogP contribution in [0.2, 0.25) is 0 Å². The normalized spacial score (nSPS) is 10.9. The van der Waals surface area contributed by atoms with E-state index in [4.69, 9.17) is 9.47 Å². The van der Waals surface area contributed by atoms with Crippen LogP contribution in [0.15, 0.2) is 14.4 Å². The molecule has 0 fully saturated rings. The largest absolute Gasteiger partial charge is 0.356 e. The zero-order valence-electron chi connectivity index (χ0n) is 8.98. The number of rotatable bonds is 5. The topological polar surface area (TPSA) is 106 Å². The predicted octanol–water partition coefficient (Wildman–Crippen LogP) is -1.77.